The number of hydrogen-bond acceptors (Lipinski definition) is 2. The molecule has 0 radical (unpaired) electrons. The van der Waals surface area contributed by atoms with Gasteiger partial charge in [0.15, 0.2) is 0 Å². The summed E-state index contributed by atoms with van der Waals surface area (Å²) in [6, 6.07) is -0.343. The third-order valence-electron chi connectivity index (χ3n) is 4.04. The van der Waals surface area contributed by atoms with E-state index in [0.717, 1.165) is 18.4 Å². The van der Waals surface area contributed by atoms with E-state index in [1.54, 1.807) is 6.92 Å². The number of aliphatic hydroxyl groups excluding tert-OH is 1. The van der Waals surface area contributed by atoms with E-state index in [-0.39, 0.29) is 18.7 Å². The Morgan fingerprint density at radius 3 is 2.33 bits per heavy atom. The van der Waals surface area contributed by atoms with Gasteiger partial charge in [-0.25, -0.2) is 4.79 Å². The average Bonchev–Trinajstić information content (AvgIpc) is 2.36. The van der Waals surface area contributed by atoms with Gasteiger partial charge in [0.05, 0.1) is 12.6 Å². The molecule has 1 fully saturated rings. The fraction of sp³-hybridized carbons (Fsp3) is 0.929. The number of urea groups is 1. The standard InChI is InChI=1S/C14H28N2O2/c1-10(2)13-6-4-12(5-7-13)8-15-14(18)16-11(3)9-17/h10-13,17H,4-9H2,1-3H3,(H2,15,16,18)/t11-,12?,13?/m0/s1. The van der Waals surface area contributed by atoms with Crippen LogP contribution in [0.25, 0.3) is 0 Å². The monoisotopic (exact) mass is 256 g/mol. The molecule has 4 heteroatoms. The molecule has 3 N–H and O–H groups in total. The second-order valence-electron chi connectivity index (χ2n) is 5.96. The van der Waals surface area contributed by atoms with Crippen LogP contribution in [0.3, 0.4) is 0 Å². The molecule has 106 valence electrons. The van der Waals surface area contributed by atoms with Crippen molar-refractivity contribution in [2.75, 3.05) is 13.2 Å². The number of carbonyl (C=O) groups is 1. The molecule has 0 aliphatic heterocycles. The summed E-state index contributed by atoms with van der Waals surface area (Å²) in [5, 5.41) is 14.4. The third kappa shape index (κ3) is 5.25. The van der Waals surface area contributed by atoms with Crippen LogP contribution in [0.2, 0.25) is 0 Å². The molecule has 0 aromatic carbocycles. The maximum Gasteiger partial charge on any atom is 0.315 e. The highest BCUT2D eigenvalue weighted by molar-refractivity contribution is 5.74. The van der Waals surface area contributed by atoms with Gasteiger partial charge in [-0.3, -0.25) is 0 Å². The van der Waals surface area contributed by atoms with Crippen molar-refractivity contribution >= 4 is 6.03 Å². The molecule has 0 heterocycles. The second kappa shape index (κ2) is 7.62. The molecule has 0 spiro atoms. The molecular formula is C14H28N2O2. The van der Waals surface area contributed by atoms with Crippen LogP contribution in [-0.4, -0.2) is 30.3 Å². The van der Waals surface area contributed by atoms with Crippen molar-refractivity contribution < 1.29 is 9.90 Å². The van der Waals surface area contributed by atoms with Gasteiger partial charge in [-0.15, -0.1) is 0 Å². The van der Waals surface area contributed by atoms with Gasteiger partial charge in [0, 0.05) is 6.54 Å². The lowest BCUT2D eigenvalue weighted by Gasteiger charge is -2.31. The summed E-state index contributed by atoms with van der Waals surface area (Å²) < 4.78 is 0. The Morgan fingerprint density at radius 2 is 1.83 bits per heavy atom. The van der Waals surface area contributed by atoms with E-state index in [1.807, 2.05) is 0 Å². The van der Waals surface area contributed by atoms with Crippen LogP contribution in [0.1, 0.15) is 46.5 Å². The molecule has 2 amide bonds. The Labute approximate surface area is 111 Å². The van der Waals surface area contributed by atoms with Gasteiger partial charge < -0.3 is 15.7 Å². The Morgan fingerprint density at radius 1 is 1.22 bits per heavy atom. The smallest absolute Gasteiger partial charge is 0.315 e. The summed E-state index contributed by atoms with van der Waals surface area (Å²) in [7, 11) is 0. The minimum atomic E-state index is -0.179. The first-order valence-electron chi connectivity index (χ1n) is 7.18. The molecular weight excluding hydrogens is 228 g/mol. The van der Waals surface area contributed by atoms with Crippen LogP contribution in [0.5, 0.6) is 0 Å². The van der Waals surface area contributed by atoms with E-state index >= 15 is 0 Å². The maximum atomic E-state index is 11.5. The number of aliphatic hydroxyl groups is 1. The topological polar surface area (TPSA) is 61.4 Å². The summed E-state index contributed by atoms with van der Waals surface area (Å²) in [4.78, 5) is 11.5. The molecule has 1 aliphatic rings. The van der Waals surface area contributed by atoms with E-state index in [2.05, 4.69) is 24.5 Å². The summed E-state index contributed by atoms with van der Waals surface area (Å²) in [6.45, 7) is 7.12. The maximum absolute atomic E-state index is 11.5. The van der Waals surface area contributed by atoms with Gasteiger partial charge in [0.25, 0.3) is 0 Å². The Bertz CT molecular complexity index is 248. The summed E-state index contributed by atoms with van der Waals surface area (Å²) in [5.41, 5.74) is 0. The number of hydrogen-bond donors (Lipinski definition) is 3. The first-order chi connectivity index (χ1) is 8.52. The molecule has 0 bridgehead atoms. The van der Waals surface area contributed by atoms with Crippen molar-refractivity contribution in [3.63, 3.8) is 0 Å². The lowest BCUT2D eigenvalue weighted by atomic mass is 9.77. The van der Waals surface area contributed by atoms with Crippen LogP contribution in [-0.2, 0) is 0 Å². The molecule has 0 unspecified atom stereocenters. The zero-order valence-corrected chi connectivity index (χ0v) is 11.9. The molecule has 0 saturated heterocycles. The third-order valence-corrected chi connectivity index (χ3v) is 4.04. The molecule has 18 heavy (non-hydrogen) atoms. The predicted molar refractivity (Wildman–Crippen MR) is 73.4 cm³/mol. The molecule has 1 rings (SSSR count). The van der Waals surface area contributed by atoms with Gasteiger partial charge in [0.1, 0.15) is 0 Å². The Hall–Kier alpha value is -0.770. The quantitative estimate of drug-likeness (QED) is 0.705. The van der Waals surface area contributed by atoms with Gasteiger partial charge in [-0.05, 0) is 50.4 Å². The summed E-state index contributed by atoms with van der Waals surface area (Å²) in [6.07, 6.45) is 5.02. The predicted octanol–water partition coefficient (Wildman–Crippen LogP) is 2.13. The van der Waals surface area contributed by atoms with E-state index in [4.69, 9.17) is 5.11 Å². The normalized spacial score (nSPS) is 25.8. The lowest BCUT2D eigenvalue weighted by molar-refractivity contribution is 0.206. The van der Waals surface area contributed by atoms with Gasteiger partial charge in [0.2, 0.25) is 0 Å². The molecule has 0 aromatic rings. The van der Waals surface area contributed by atoms with E-state index in [0.29, 0.717) is 5.92 Å². The minimum absolute atomic E-state index is 0.0209. The van der Waals surface area contributed by atoms with Crippen molar-refractivity contribution in [2.24, 2.45) is 17.8 Å². The lowest BCUT2D eigenvalue weighted by Crippen LogP contribution is -2.44. The first-order valence-corrected chi connectivity index (χ1v) is 7.18. The van der Waals surface area contributed by atoms with Crippen LogP contribution < -0.4 is 10.6 Å². The number of carbonyl (C=O) groups excluding carboxylic acids is 1. The highest BCUT2D eigenvalue weighted by Gasteiger charge is 2.23. The fourth-order valence-corrected chi connectivity index (χ4v) is 2.62. The Balaban J connectivity index is 2.16. The fourth-order valence-electron chi connectivity index (χ4n) is 2.62. The van der Waals surface area contributed by atoms with Gasteiger partial charge in [-0.1, -0.05) is 13.8 Å². The van der Waals surface area contributed by atoms with E-state index in [9.17, 15) is 4.79 Å². The highest BCUT2D eigenvalue weighted by Crippen LogP contribution is 2.32. The minimum Gasteiger partial charge on any atom is -0.394 e. The van der Waals surface area contributed by atoms with Crippen LogP contribution in [0.15, 0.2) is 0 Å². The zero-order valence-electron chi connectivity index (χ0n) is 11.9. The molecule has 1 atom stereocenters. The molecule has 1 aliphatic carbocycles. The SMILES string of the molecule is CC(C)C1CCC(CNC(=O)N[C@@H](C)CO)CC1. The summed E-state index contributed by atoms with van der Waals surface area (Å²) >= 11 is 0. The first kappa shape index (κ1) is 15.3. The molecule has 0 aromatic heterocycles. The molecule has 1 saturated carbocycles. The van der Waals surface area contributed by atoms with Crippen molar-refractivity contribution in [2.45, 2.75) is 52.5 Å². The van der Waals surface area contributed by atoms with Crippen LogP contribution >= 0.6 is 0 Å². The highest BCUT2D eigenvalue weighted by atomic mass is 16.3. The Kier molecular flexibility index (Phi) is 6.47. The van der Waals surface area contributed by atoms with Crippen molar-refractivity contribution in [3.8, 4) is 0 Å². The van der Waals surface area contributed by atoms with Crippen molar-refractivity contribution in [1.29, 1.82) is 0 Å². The summed E-state index contributed by atoms with van der Waals surface area (Å²) in [5.74, 6) is 2.27. The second-order valence-corrected chi connectivity index (χ2v) is 5.96. The number of rotatable bonds is 5. The van der Waals surface area contributed by atoms with Crippen molar-refractivity contribution in [3.05, 3.63) is 0 Å². The van der Waals surface area contributed by atoms with E-state index < -0.39 is 0 Å². The molecule has 4 nitrogen and oxygen atoms in total. The van der Waals surface area contributed by atoms with Crippen LogP contribution in [0, 0.1) is 17.8 Å². The van der Waals surface area contributed by atoms with Crippen molar-refractivity contribution in [1.82, 2.24) is 10.6 Å². The van der Waals surface area contributed by atoms with Gasteiger partial charge in [-0.2, -0.15) is 0 Å². The zero-order chi connectivity index (χ0) is 13.5. The average molecular weight is 256 g/mol. The largest absolute Gasteiger partial charge is 0.394 e. The van der Waals surface area contributed by atoms with Crippen LogP contribution in [0.4, 0.5) is 4.79 Å². The number of nitrogens with one attached hydrogen (secondary N) is 2. The van der Waals surface area contributed by atoms with Gasteiger partial charge >= 0.3 is 6.03 Å². The number of amides is 2. The van der Waals surface area contributed by atoms with E-state index in [1.165, 1.54) is 25.7 Å².